The zero-order chi connectivity index (χ0) is 8.27. The molecule has 0 saturated heterocycles. The minimum absolute atomic E-state index is 0.0698. The zero-order valence-corrected chi connectivity index (χ0v) is 6.54. The molecule has 0 atom stereocenters. The van der Waals surface area contributed by atoms with Gasteiger partial charge in [0.15, 0.2) is 0 Å². The molecule has 1 aromatic rings. The molecule has 1 rings (SSSR count). The molecule has 1 N–H and O–H groups in total. The minimum atomic E-state index is -0.882. The summed E-state index contributed by atoms with van der Waals surface area (Å²) >= 11 is 4.87. The molecule has 0 amide bonds. The number of carbonyl (C=O) groups is 1. The molecular formula is C7H7NO2S. The van der Waals surface area contributed by atoms with E-state index in [1.807, 2.05) is 0 Å². The van der Waals surface area contributed by atoms with Gasteiger partial charge in [0.25, 0.3) is 0 Å². The van der Waals surface area contributed by atoms with Gasteiger partial charge in [0.05, 0.1) is 0 Å². The van der Waals surface area contributed by atoms with Crippen LogP contribution in [0.15, 0.2) is 24.4 Å². The van der Waals surface area contributed by atoms with E-state index in [1.54, 1.807) is 24.4 Å². The maximum Gasteiger partial charge on any atom is 0.323 e. The first-order valence-electron chi connectivity index (χ1n) is 3.07. The van der Waals surface area contributed by atoms with Gasteiger partial charge in [-0.05, 0) is 12.1 Å². The molecule has 0 fully saturated rings. The van der Waals surface area contributed by atoms with Gasteiger partial charge in [-0.2, -0.15) is 0 Å². The van der Waals surface area contributed by atoms with Crippen LogP contribution in [0.5, 0.6) is 0 Å². The van der Waals surface area contributed by atoms with Crippen LogP contribution in [0.1, 0.15) is 0 Å². The third kappa shape index (κ3) is 2.16. The first kappa shape index (κ1) is 7.94. The SMILES string of the molecule is O=C(O)Cn1ccccc1=S. The Morgan fingerprint density at radius 2 is 2.36 bits per heavy atom. The number of rotatable bonds is 2. The molecule has 0 saturated carbocycles. The number of carboxylic acids is 1. The quantitative estimate of drug-likeness (QED) is 0.678. The van der Waals surface area contributed by atoms with Crippen molar-refractivity contribution in [3.63, 3.8) is 0 Å². The summed E-state index contributed by atoms with van der Waals surface area (Å²) < 4.78 is 2.03. The summed E-state index contributed by atoms with van der Waals surface area (Å²) in [6.07, 6.45) is 1.65. The second-order valence-corrected chi connectivity index (χ2v) is 2.48. The molecule has 0 aliphatic heterocycles. The topological polar surface area (TPSA) is 42.2 Å². The Morgan fingerprint density at radius 3 is 2.91 bits per heavy atom. The highest BCUT2D eigenvalue weighted by Crippen LogP contribution is 1.92. The van der Waals surface area contributed by atoms with Gasteiger partial charge in [-0.3, -0.25) is 4.79 Å². The van der Waals surface area contributed by atoms with E-state index in [9.17, 15) is 4.79 Å². The van der Waals surface area contributed by atoms with E-state index in [4.69, 9.17) is 17.3 Å². The lowest BCUT2D eigenvalue weighted by Gasteiger charge is -2.00. The third-order valence-corrected chi connectivity index (χ3v) is 1.58. The molecule has 0 radical (unpaired) electrons. The summed E-state index contributed by atoms with van der Waals surface area (Å²) in [4.78, 5) is 10.3. The highest BCUT2D eigenvalue weighted by molar-refractivity contribution is 7.71. The molecule has 1 aromatic heterocycles. The van der Waals surface area contributed by atoms with Crippen molar-refractivity contribution in [1.29, 1.82) is 0 Å². The van der Waals surface area contributed by atoms with E-state index < -0.39 is 5.97 Å². The number of aliphatic carboxylic acids is 1. The van der Waals surface area contributed by atoms with Gasteiger partial charge in [0.1, 0.15) is 11.2 Å². The Morgan fingerprint density at radius 1 is 1.64 bits per heavy atom. The van der Waals surface area contributed by atoms with Crippen molar-refractivity contribution >= 4 is 18.2 Å². The van der Waals surface area contributed by atoms with E-state index in [1.165, 1.54) is 4.57 Å². The molecule has 0 aromatic carbocycles. The van der Waals surface area contributed by atoms with Crippen molar-refractivity contribution in [3.8, 4) is 0 Å². The maximum atomic E-state index is 10.3. The van der Waals surface area contributed by atoms with Crippen molar-refractivity contribution in [2.24, 2.45) is 0 Å². The highest BCUT2D eigenvalue weighted by Gasteiger charge is 1.96. The predicted molar refractivity (Wildman–Crippen MR) is 42.9 cm³/mol. The van der Waals surface area contributed by atoms with Crippen LogP contribution in [0, 0.1) is 4.64 Å². The first-order valence-corrected chi connectivity index (χ1v) is 3.48. The Labute approximate surface area is 68.9 Å². The molecule has 0 aliphatic rings. The monoisotopic (exact) mass is 169 g/mol. The van der Waals surface area contributed by atoms with Gasteiger partial charge in [0, 0.05) is 6.20 Å². The Bertz CT molecular complexity index is 318. The molecule has 58 valence electrons. The van der Waals surface area contributed by atoms with Crippen molar-refractivity contribution in [2.75, 3.05) is 0 Å². The highest BCUT2D eigenvalue weighted by atomic mass is 32.1. The molecule has 0 unspecified atom stereocenters. The molecule has 0 bridgehead atoms. The van der Waals surface area contributed by atoms with Crippen LogP contribution in [0.2, 0.25) is 0 Å². The Kier molecular flexibility index (Phi) is 2.38. The fourth-order valence-electron chi connectivity index (χ4n) is 0.737. The number of nitrogens with zero attached hydrogens (tertiary/aromatic N) is 1. The second-order valence-electron chi connectivity index (χ2n) is 2.06. The van der Waals surface area contributed by atoms with Crippen LogP contribution in [0.25, 0.3) is 0 Å². The average molecular weight is 169 g/mol. The normalized spacial score (nSPS) is 9.45. The third-order valence-electron chi connectivity index (χ3n) is 1.20. The average Bonchev–Trinajstić information content (AvgIpc) is 1.93. The number of carboxylic acid groups (broad SMARTS) is 1. The van der Waals surface area contributed by atoms with Gasteiger partial charge in [-0.1, -0.05) is 18.3 Å². The van der Waals surface area contributed by atoms with E-state index in [-0.39, 0.29) is 6.54 Å². The van der Waals surface area contributed by atoms with Gasteiger partial charge in [0.2, 0.25) is 0 Å². The summed E-state index contributed by atoms with van der Waals surface area (Å²) in [5.74, 6) is -0.882. The molecule has 4 heteroatoms. The Hall–Kier alpha value is -1.16. The van der Waals surface area contributed by atoms with Gasteiger partial charge < -0.3 is 9.67 Å². The summed E-state index contributed by atoms with van der Waals surface area (Å²) in [6.45, 7) is -0.0698. The van der Waals surface area contributed by atoms with Crippen LogP contribution < -0.4 is 0 Å². The van der Waals surface area contributed by atoms with E-state index in [0.29, 0.717) is 4.64 Å². The fraction of sp³-hybridized carbons (Fsp3) is 0.143. The lowest BCUT2D eigenvalue weighted by atomic mass is 10.5. The molecule has 1 heterocycles. The van der Waals surface area contributed by atoms with Crippen molar-refractivity contribution in [1.82, 2.24) is 4.57 Å². The van der Waals surface area contributed by atoms with Crippen LogP contribution in [-0.4, -0.2) is 15.6 Å². The van der Waals surface area contributed by atoms with E-state index in [0.717, 1.165) is 0 Å². The van der Waals surface area contributed by atoms with Crippen LogP contribution in [-0.2, 0) is 11.3 Å². The zero-order valence-electron chi connectivity index (χ0n) is 5.73. The van der Waals surface area contributed by atoms with Crippen molar-refractivity contribution < 1.29 is 9.90 Å². The largest absolute Gasteiger partial charge is 0.480 e. The number of pyridine rings is 1. The van der Waals surface area contributed by atoms with Crippen LogP contribution in [0.4, 0.5) is 0 Å². The fourth-order valence-corrected chi connectivity index (χ4v) is 0.941. The minimum Gasteiger partial charge on any atom is -0.480 e. The predicted octanol–water partition coefficient (Wildman–Crippen LogP) is 1.30. The molecular weight excluding hydrogens is 162 g/mol. The van der Waals surface area contributed by atoms with Crippen molar-refractivity contribution in [3.05, 3.63) is 29.0 Å². The van der Waals surface area contributed by atoms with Crippen molar-refractivity contribution in [2.45, 2.75) is 6.54 Å². The van der Waals surface area contributed by atoms with Gasteiger partial charge in [-0.15, -0.1) is 0 Å². The van der Waals surface area contributed by atoms with Crippen LogP contribution in [0.3, 0.4) is 0 Å². The summed E-state index contributed by atoms with van der Waals surface area (Å²) in [6, 6.07) is 5.22. The molecule has 11 heavy (non-hydrogen) atoms. The lowest BCUT2D eigenvalue weighted by molar-refractivity contribution is -0.137. The number of hydrogen-bond acceptors (Lipinski definition) is 2. The summed E-state index contributed by atoms with van der Waals surface area (Å²) in [5.41, 5.74) is 0. The lowest BCUT2D eigenvalue weighted by Crippen LogP contribution is -2.08. The molecule has 3 nitrogen and oxygen atoms in total. The van der Waals surface area contributed by atoms with Crippen LogP contribution >= 0.6 is 12.2 Å². The first-order chi connectivity index (χ1) is 5.20. The number of hydrogen-bond donors (Lipinski definition) is 1. The van der Waals surface area contributed by atoms with Gasteiger partial charge in [-0.25, -0.2) is 0 Å². The summed E-state index contributed by atoms with van der Waals surface area (Å²) in [5, 5.41) is 8.42. The molecule has 0 spiro atoms. The second kappa shape index (κ2) is 3.30. The standard InChI is InChI=1S/C7H7NO2S/c9-7(10)5-8-4-2-1-3-6(8)11/h1-4H,5H2,(H,9,10). The number of aromatic nitrogens is 1. The smallest absolute Gasteiger partial charge is 0.323 e. The maximum absolute atomic E-state index is 10.3. The molecule has 0 aliphatic carbocycles. The summed E-state index contributed by atoms with van der Waals surface area (Å²) in [7, 11) is 0. The Balaban J connectivity index is 2.95. The van der Waals surface area contributed by atoms with Gasteiger partial charge >= 0.3 is 5.97 Å². The van der Waals surface area contributed by atoms with E-state index in [2.05, 4.69) is 0 Å². The van der Waals surface area contributed by atoms with E-state index >= 15 is 0 Å².